The molecular formula is C11H11ClN2S. The molecule has 2 aromatic rings. The van der Waals surface area contributed by atoms with Crippen molar-refractivity contribution in [2.24, 2.45) is 0 Å². The maximum Gasteiger partial charge on any atom is 0.148 e. The molecule has 0 saturated heterocycles. The van der Waals surface area contributed by atoms with E-state index in [0.29, 0.717) is 5.88 Å². The molecule has 0 aliphatic carbocycles. The second-order valence-corrected chi connectivity index (χ2v) is 4.73. The van der Waals surface area contributed by atoms with Gasteiger partial charge in [0.15, 0.2) is 0 Å². The van der Waals surface area contributed by atoms with E-state index in [2.05, 4.69) is 42.2 Å². The molecule has 2 nitrogen and oxygen atoms in total. The van der Waals surface area contributed by atoms with Crippen LogP contribution in [0.5, 0.6) is 0 Å². The highest BCUT2D eigenvalue weighted by Gasteiger charge is 2.10. The number of nitrogens with zero attached hydrogens (tertiary/aromatic N) is 2. The lowest BCUT2D eigenvalue weighted by Gasteiger charge is -2.04. The smallest absolute Gasteiger partial charge is 0.142 e. The Hall–Kier alpha value is -0.930. The van der Waals surface area contributed by atoms with E-state index >= 15 is 0 Å². The molecule has 0 aliphatic rings. The lowest BCUT2D eigenvalue weighted by atomic mass is 10.0. The fourth-order valence-electron chi connectivity index (χ4n) is 1.56. The molecule has 2 rings (SSSR count). The molecule has 0 radical (unpaired) electrons. The number of aromatic nitrogens is 2. The van der Waals surface area contributed by atoms with Gasteiger partial charge in [-0.1, -0.05) is 29.5 Å². The molecule has 0 fully saturated rings. The summed E-state index contributed by atoms with van der Waals surface area (Å²) in [6.07, 6.45) is 0. The van der Waals surface area contributed by atoms with Gasteiger partial charge in [-0.25, -0.2) is 0 Å². The van der Waals surface area contributed by atoms with Crippen LogP contribution in [0.25, 0.3) is 10.6 Å². The van der Waals surface area contributed by atoms with Crippen LogP contribution in [0.15, 0.2) is 18.2 Å². The minimum absolute atomic E-state index is 0.433. The second-order valence-electron chi connectivity index (χ2n) is 3.40. The zero-order valence-corrected chi connectivity index (χ0v) is 10.2. The van der Waals surface area contributed by atoms with E-state index in [1.807, 2.05) is 0 Å². The van der Waals surface area contributed by atoms with Crippen molar-refractivity contribution in [1.29, 1.82) is 0 Å². The van der Waals surface area contributed by atoms with Crippen molar-refractivity contribution in [3.8, 4) is 10.6 Å². The molecule has 0 spiro atoms. The Balaban J connectivity index is 2.53. The zero-order valence-electron chi connectivity index (χ0n) is 8.62. The number of rotatable bonds is 2. The summed E-state index contributed by atoms with van der Waals surface area (Å²) in [5.41, 5.74) is 3.64. The largest absolute Gasteiger partial charge is 0.148 e. The Labute approximate surface area is 97.9 Å². The van der Waals surface area contributed by atoms with E-state index in [1.165, 1.54) is 16.7 Å². The standard InChI is InChI=1S/C11H11ClN2S/c1-7-4-3-5-8(2)10(7)11-14-13-9(6-12)15-11/h3-5H,6H2,1-2H3. The van der Waals surface area contributed by atoms with Gasteiger partial charge in [-0.2, -0.15) is 0 Å². The summed E-state index contributed by atoms with van der Waals surface area (Å²) in [7, 11) is 0. The van der Waals surface area contributed by atoms with E-state index in [-0.39, 0.29) is 0 Å². The first kappa shape index (κ1) is 10.6. The molecule has 4 heteroatoms. The molecule has 0 N–H and O–H groups in total. The Morgan fingerprint density at radius 1 is 1.20 bits per heavy atom. The molecule has 0 unspecified atom stereocenters. The van der Waals surface area contributed by atoms with Crippen molar-refractivity contribution in [3.05, 3.63) is 34.3 Å². The molecule has 78 valence electrons. The van der Waals surface area contributed by atoms with Gasteiger partial charge in [0.25, 0.3) is 0 Å². The Morgan fingerprint density at radius 2 is 1.87 bits per heavy atom. The third-order valence-electron chi connectivity index (χ3n) is 2.28. The molecule has 1 heterocycles. The predicted octanol–water partition coefficient (Wildman–Crippen LogP) is 3.56. The van der Waals surface area contributed by atoms with Crippen LogP contribution >= 0.6 is 22.9 Å². The molecule has 0 bridgehead atoms. The van der Waals surface area contributed by atoms with Crippen LogP contribution in [-0.4, -0.2) is 10.2 Å². The summed E-state index contributed by atoms with van der Waals surface area (Å²) in [6, 6.07) is 6.23. The Kier molecular flexibility index (Phi) is 3.03. The van der Waals surface area contributed by atoms with Gasteiger partial charge < -0.3 is 0 Å². The molecule has 15 heavy (non-hydrogen) atoms. The second kappa shape index (κ2) is 4.29. The molecule has 0 atom stereocenters. The fourth-order valence-corrected chi connectivity index (χ4v) is 2.64. The van der Waals surface area contributed by atoms with Gasteiger partial charge in [0.05, 0.1) is 5.88 Å². The zero-order chi connectivity index (χ0) is 10.8. The van der Waals surface area contributed by atoms with E-state index in [1.54, 1.807) is 11.3 Å². The highest BCUT2D eigenvalue weighted by Crippen LogP contribution is 2.29. The van der Waals surface area contributed by atoms with Crippen molar-refractivity contribution in [2.45, 2.75) is 19.7 Å². The highest BCUT2D eigenvalue weighted by atomic mass is 35.5. The maximum absolute atomic E-state index is 5.72. The minimum atomic E-state index is 0.433. The van der Waals surface area contributed by atoms with Crippen molar-refractivity contribution in [2.75, 3.05) is 0 Å². The predicted molar refractivity (Wildman–Crippen MR) is 64.4 cm³/mol. The lowest BCUT2D eigenvalue weighted by molar-refractivity contribution is 1.04. The molecule has 1 aromatic heterocycles. The Bertz CT molecular complexity index is 459. The first-order chi connectivity index (χ1) is 7.22. The number of aryl methyl sites for hydroxylation is 2. The van der Waals surface area contributed by atoms with Gasteiger partial charge in [-0.15, -0.1) is 21.8 Å². The quantitative estimate of drug-likeness (QED) is 0.748. The monoisotopic (exact) mass is 238 g/mol. The highest BCUT2D eigenvalue weighted by molar-refractivity contribution is 7.14. The molecule has 0 saturated carbocycles. The number of alkyl halides is 1. The van der Waals surface area contributed by atoms with Crippen LogP contribution in [-0.2, 0) is 5.88 Å². The topological polar surface area (TPSA) is 25.8 Å². The van der Waals surface area contributed by atoms with Crippen LogP contribution in [0.2, 0.25) is 0 Å². The van der Waals surface area contributed by atoms with Crippen molar-refractivity contribution < 1.29 is 0 Å². The third-order valence-corrected chi connectivity index (χ3v) is 3.63. The van der Waals surface area contributed by atoms with Crippen LogP contribution in [0, 0.1) is 13.8 Å². The van der Waals surface area contributed by atoms with Crippen LogP contribution in [0.4, 0.5) is 0 Å². The normalized spacial score (nSPS) is 10.6. The van der Waals surface area contributed by atoms with Gasteiger partial charge >= 0.3 is 0 Å². The van der Waals surface area contributed by atoms with Crippen LogP contribution in [0.3, 0.4) is 0 Å². The van der Waals surface area contributed by atoms with Gasteiger partial charge in [0, 0.05) is 5.56 Å². The first-order valence-electron chi connectivity index (χ1n) is 4.67. The van der Waals surface area contributed by atoms with E-state index in [4.69, 9.17) is 11.6 Å². The van der Waals surface area contributed by atoms with Gasteiger partial charge in [-0.3, -0.25) is 0 Å². The molecule has 0 aliphatic heterocycles. The molecule has 0 amide bonds. The summed E-state index contributed by atoms with van der Waals surface area (Å²) in [5, 5.41) is 10.0. The van der Waals surface area contributed by atoms with E-state index in [9.17, 15) is 0 Å². The summed E-state index contributed by atoms with van der Waals surface area (Å²) in [5.74, 6) is 0.433. The maximum atomic E-state index is 5.72. The summed E-state index contributed by atoms with van der Waals surface area (Å²) in [4.78, 5) is 0. The minimum Gasteiger partial charge on any atom is -0.142 e. The molecular weight excluding hydrogens is 228 g/mol. The van der Waals surface area contributed by atoms with Crippen LogP contribution < -0.4 is 0 Å². The average Bonchev–Trinajstić information content (AvgIpc) is 2.66. The fraction of sp³-hybridized carbons (Fsp3) is 0.273. The third kappa shape index (κ3) is 2.03. The van der Waals surface area contributed by atoms with E-state index in [0.717, 1.165) is 10.0 Å². The molecule has 1 aromatic carbocycles. The first-order valence-corrected chi connectivity index (χ1v) is 6.02. The van der Waals surface area contributed by atoms with Gasteiger partial charge in [0.2, 0.25) is 0 Å². The average molecular weight is 239 g/mol. The lowest BCUT2D eigenvalue weighted by Crippen LogP contribution is -1.86. The number of hydrogen-bond acceptors (Lipinski definition) is 3. The summed E-state index contributed by atoms with van der Waals surface area (Å²) < 4.78 is 0. The van der Waals surface area contributed by atoms with Crippen LogP contribution in [0.1, 0.15) is 16.1 Å². The van der Waals surface area contributed by atoms with Crippen molar-refractivity contribution >= 4 is 22.9 Å². The number of hydrogen-bond donors (Lipinski definition) is 0. The SMILES string of the molecule is Cc1cccc(C)c1-c1nnc(CCl)s1. The Morgan fingerprint density at radius 3 is 2.40 bits per heavy atom. The number of benzene rings is 1. The van der Waals surface area contributed by atoms with Crippen molar-refractivity contribution in [1.82, 2.24) is 10.2 Å². The van der Waals surface area contributed by atoms with Crippen molar-refractivity contribution in [3.63, 3.8) is 0 Å². The number of halogens is 1. The van der Waals surface area contributed by atoms with Gasteiger partial charge in [0.1, 0.15) is 10.0 Å². The summed E-state index contributed by atoms with van der Waals surface area (Å²) >= 11 is 7.28. The van der Waals surface area contributed by atoms with Gasteiger partial charge in [-0.05, 0) is 25.0 Å². The summed E-state index contributed by atoms with van der Waals surface area (Å²) in [6.45, 7) is 4.17. The van der Waals surface area contributed by atoms with E-state index < -0.39 is 0 Å².